The maximum atomic E-state index is 12.7. The maximum Gasteiger partial charge on any atom is 0.179 e. The molecule has 1 N–H and O–H groups in total. The molecule has 2 nitrogen and oxygen atoms in total. The Bertz CT molecular complexity index is 878. The highest BCUT2D eigenvalue weighted by Crippen LogP contribution is 2.35. The summed E-state index contributed by atoms with van der Waals surface area (Å²) in [7, 11) is 0. The number of halogens is 1. The number of rotatable bonds is 5. The van der Waals surface area contributed by atoms with Crippen molar-refractivity contribution in [2.24, 2.45) is 0 Å². The Balaban J connectivity index is 1.73. The van der Waals surface area contributed by atoms with Gasteiger partial charge in [-0.05, 0) is 42.1 Å². The van der Waals surface area contributed by atoms with E-state index in [0.717, 1.165) is 42.0 Å². The highest BCUT2D eigenvalue weighted by atomic mass is 35.5. The molecule has 1 saturated heterocycles. The minimum Gasteiger partial charge on any atom is -0.307 e. The molecule has 135 valence electrons. The van der Waals surface area contributed by atoms with Gasteiger partial charge in [0.1, 0.15) is 0 Å². The van der Waals surface area contributed by atoms with Gasteiger partial charge in [-0.2, -0.15) is 0 Å². The van der Waals surface area contributed by atoms with Gasteiger partial charge in [-0.15, -0.1) is 0 Å². The fraction of sp³-hybridized carbons (Fsp3) is 0.167. The molecule has 27 heavy (non-hydrogen) atoms. The molecule has 0 saturated carbocycles. The van der Waals surface area contributed by atoms with Gasteiger partial charge >= 0.3 is 0 Å². The first-order valence-electron chi connectivity index (χ1n) is 9.29. The molecular weight excluding hydrogens is 354 g/mol. The Hall–Kier alpha value is -2.42. The summed E-state index contributed by atoms with van der Waals surface area (Å²) in [5, 5.41) is 3.86. The Morgan fingerprint density at radius 3 is 2.00 bits per heavy atom. The molecule has 0 spiro atoms. The fourth-order valence-corrected chi connectivity index (χ4v) is 3.94. The summed E-state index contributed by atoms with van der Waals surface area (Å²) in [6.07, 6.45) is 1.94. The van der Waals surface area contributed by atoms with E-state index in [1.807, 2.05) is 54.6 Å². The Morgan fingerprint density at radius 2 is 1.48 bits per heavy atom. The van der Waals surface area contributed by atoms with Crippen LogP contribution < -0.4 is 5.32 Å². The van der Waals surface area contributed by atoms with Crippen molar-refractivity contribution in [2.45, 2.75) is 18.9 Å². The molecule has 0 bridgehead atoms. The van der Waals surface area contributed by atoms with E-state index in [1.165, 1.54) is 0 Å². The van der Waals surface area contributed by atoms with Crippen LogP contribution in [0.2, 0.25) is 5.02 Å². The van der Waals surface area contributed by atoms with E-state index in [0.29, 0.717) is 10.6 Å². The number of benzene rings is 3. The van der Waals surface area contributed by atoms with Crippen LogP contribution in [-0.2, 0) is 0 Å². The van der Waals surface area contributed by atoms with Gasteiger partial charge < -0.3 is 5.32 Å². The van der Waals surface area contributed by atoms with E-state index in [1.54, 1.807) is 0 Å². The summed E-state index contributed by atoms with van der Waals surface area (Å²) in [5.41, 5.74) is 3.80. The summed E-state index contributed by atoms with van der Waals surface area (Å²) in [4.78, 5) is 12.7. The van der Waals surface area contributed by atoms with Crippen molar-refractivity contribution in [1.82, 2.24) is 5.32 Å². The van der Waals surface area contributed by atoms with Gasteiger partial charge in [0.2, 0.25) is 0 Å². The normalized spacial score (nSPS) is 16.6. The van der Waals surface area contributed by atoms with Crippen LogP contribution >= 0.6 is 11.6 Å². The molecule has 1 aliphatic rings. The third-order valence-corrected chi connectivity index (χ3v) is 5.34. The molecule has 1 radical (unpaired) electrons. The van der Waals surface area contributed by atoms with Crippen molar-refractivity contribution in [3.8, 4) is 0 Å². The number of ketones is 1. The van der Waals surface area contributed by atoms with Crippen molar-refractivity contribution in [1.29, 1.82) is 0 Å². The Labute approximate surface area is 165 Å². The zero-order chi connectivity index (χ0) is 18.6. The van der Waals surface area contributed by atoms with E-state index in [9.17, 15) is 4.79 Å². The van der Waals surface area contributed by atoms with Crippen molar-refractivity contribution < 1.29 is 4.79 Å². The number of Topliss-reactive ketones (excluding diaryl/α,β-unsaturated/α-hetero) is 1. The first-order valence-corrected chi connectivity index (χ1v) is 9.67. The van der Waals surface area contributed by atoms with Gasteiger partial charge in [0, 0.05) is 10.6 Å². The summed E-state index contributed by atoms with van der Waals surface area (Å²) < 4.78 is 0. The molecule has 3 aromatic carbocycles. The lowest BCUT2D eigenvalue weighted by atomic mass is 9.84. The predicted molar refractivity (Wildman–Crippen MR) is 110 cm³/mol. The third kappa shape index (κ3) is 3.83. The fourth-order valence-electron chi connectivity index (χ4n) is 3.67. The van der Waals surface area contributed by atoms with Crippen LogP contribution in [0.5, 0.6) is 0 Å². The number of carbonyl (C=O) groups is 1. The molecule has 0 aromatic heterocycles. The quantitative estimate of drug-likeness (QED) is 0.485. The molecule has 1 fully saturated rings. The largest absolute Gasteiger partial charge is 0.307 e. The van der Waals surface area contributed by atoms with Gasteiger partial charge in [-0.3, -0.25) is 4.79 Å². The molecule has 1 heterocycles. The monoisotopic (exact) mass is 374 g/mol. The van der Waals surface area contributed by atoms with Crippen LogP contribution in [0.25, 0.3) is 0 Å². The lowest BCUT2D eigenvalue weighted by Gasteiger charge is -2.20. The van der Waals surface area contributed by atoms with E-state index < -0.39 is 0 Å². The number of hydrogen-bond acceptors (Lipinski definition) is 2. The molecule has 0 aliphatic carbocycles. The number of nitrogens with one attached hydrogen (secondary N) is 1. The minimum absolute atomic E-state index is 0.0846. The van der Waals surface area contributed by atoms with Crippen LogP contribution in [0.15, 0.2) is 78.9 Å². The van der Waals surface area contributed by atoms with Crippen molar-refractivity contribution >= 4 is 17.4 Å². The van der Waals surface area contributed by atoms with Crippen molar-refractivity contribution in [2.75, 3.05) is 6.54 Å². The van der Waals surface area contributed by atoms with Crippen molar-refractivity contribution in [3.63, 3.8) is 0 Å². The lowest BCUT2D eigenvalue weighted by Crippen LogP contribution is -2.30. The van der Waals surface area contributed by atoms with E-state index in [-0.39, 0.29) is 11.8 Å². The summed E-state index contributed by atoms with van der Waals surface area (Å²) in [5.74, 6) is 1.20. The average molecular weight is 375 g/mol. The Morgan fingerprint density at radius 1 is 0.852 bits per heavy atom. The van der Waals surface area contributed by atoms with Crippen LogP contribution in [0, 0.1) is 5.92 Å². The van der Waals surface area contributed by atoms with Gasteiger partial charge in [-0.1, -0.05) is 84.4 Å². The molecule has 0 unspecified atom stereocenters. The first-order chi connectivity index (χ1) is 13.2. The van der Waals surface area contributed by atoms with E-state index >= 15 is 0 Å². The summed E-state index contributed by atoms with van der Waals surface area (Å²) >= 11 is 6.68. The molecule has 3 aromatic rings. The first kappa shape index (κ1) is 18.0. The average Bonchev–Trinajstić information content (AvgIpc) is 3.25. The molecule has 1 aliphatic heterocycles. The molecule has 3 heteroatoms. The zero-order valence-corrected chi connectivity index (χ0v) is 15.7. The Kier molecular flexibility index (Phi) is 5.38. The smallest absolute Gasteiger partial charge is 0.179 e. The predicted octanol–water partition coefficient (Wildman–Crippen LogP) is 5.29. The summed E-state index contributed by atoms with van der Waals surface area (Å²) in [6, 6.07) is 26.0. The third-order valence-electron chi connectivity index (χ3n) is 5.02. The van der Waals surface area contributed by atoms with Gasteiger partial charge in [0.25, 0.3) is 0 Å². The zero-order valence-electron chi connectivity index (χ0n) is 15.0. The van der Waals surface area contributed by atoms with E-state index in [4.69, 9.17) is 11.6 Å². The van der Waals surface area contributed by atoms with Crippen LogP contribution in [0.1, 0.15) is 39.9 Å². The van der Waals surface area contributed by atoms with Crippen LogP contribution in [0.3, 0.4) is 0 Å². The second-order valence-corrected chi connectivity index (χ2v) is 7.22. The van der Waals surface area contributed by atoms with Crippen molar-refractivity contribution in [3.05, 3.63) is 112 Å². The molecule has 4 rings (SSSR count). The molecular formula is C24H21ClNO. The summed E-state index contributed by atoms with van der Waals surface area (Å²) in [6.45, 7) is 0.905. The van der Waals surface area contributed by atoms with Gasteiger partial charge in [-0.25, -0.2) is 0 Å². The highest BCUT2D eigenvalue weighted by molar-refractivity contribution is 6.32. The van der Waals surface area contributed by atoms with Gasteiger partial charge in [0.05, 0.1) is 12.0 Å². The highest BCUT2D eigenvalue weighted by Gasteiger charge is 2.25. The standard InChI is InChI=1S/C24H21ClNO/c25-21-16-19(24(27)22-12-7-15-26-22)13-14-20(21)23(17-8-3-1-4-9-17)18-10-5-2-6-11-18/h1-6,8-11,13-14,16,22,26H,7,12,15H2/t22-/m0/s1. The second-order valence-electron chi connectivity index (χ2n) is 6.81. The van der Waals surface area contributed by atoms with Gasteiger partial charge in [0.15, 0.2) is 5.78 Å². The minimum atomic E-state index is -0.0846. The molecule has 0 amide bonds. The van der Waals surface area contributed by atoms with E-state index in [2.05, 4.69) is 29.6 Å². The lowest BCUT2D eigenvalue weighted by molar-refractivity contribution is 0.0952. The number of hydrogen-bond donors (Lipinski definition) is 1. The second kappa shape index (κ2) is 8.08. The molecule has 1 atom stereocenters. The van der Waals surface area contributed by atoms with Crippen LogP contribution in [-0.4, -0.2) is 18.4 Å². The SMILES string of the molecule is O=C(c1ccc([C](c2ccccc2)c2ccccc2)c(Cl)c1)[C@@H]1CCCN1. The van der Waals surface area contributed by atoms with Crippen LogP contribution in [0.4, 0.5) is 0 Å². The number of carbonyl (C=O) groups excluding carboxylic acids is 1. The topological polar surface area (TPSA) is 29.1 Å². The maximum absolute atomic E-state index is 12.7.